The van der Waals surface area contributed by atoms with E-state index in [0.29, 0.717) is 6.54 Å². The van der Waals surface area contributed by atoms with E-state index in [9.17, 15) is 9.90 Å². The Balaban J connectivity index is 1.45. The number of anilines is 1. The topological polar surface area (TPSA) is 64.6 Å². The molecule has 2 fully saturated rings. The average molecular weight is 317 g/mol. The van der Waals surface area contributed by atoms with Crippen LogP contribution in [-0.4, -0.2) is 47.8 Å². The molecular weight excluding hydrogens is 290 g/mol. The van der Waals surface area contributed by atoms with Gasteiger partial charge in [-0.05, 0) is 69.3 Å². The first-order valence-electron chi connectivity index (χ1n) is 8.72. The van der Waals surface area contributed by atoms with Gasteiger partial charge in [0.15, 0.2) is 0 Å². The van der Waals surface area contributed by atoms with Crippen molar-refractivity contribution in [3.05, 3.63) is 29.8 Å². The molecular formula is C18H27N3O2. The second kappa shape index (κ2) is 7.32. The Morgan fingerprint density at radius 1 is 1.22 bits per heavy atom. The van der Waals surface area contributed by atoms with Crippen LogP contribution < -0.4 is 10.6 Å². The standard InChI is InChI=1S/C18H27N3O2/c22-17(19-14-18(23)8-4-9-18)20-16-6-3-5-15(13-16)7-12-21-10-1-2-11-21/h3,5-6,13,23H,1-2,4,7-12,14H2,(H2,19,20,22). The Bertz CT molecular complexity index is 537. The molecule has 0 radical (unpaired) electrons. The van der Waals surface area contributed by atoms with Gasteiger partial charge in [0.1, 0.15) is 0 Å². The summed E-state index contributed by atoms with van der Waals surface area (Å²) in [5, 5.41) is 15.6. The van der Waals surface area contributed by atoms with E-state index in [2.05, 4.69) is 21.6 Å². The highest BCUT2D eigenvalue weighted by Crippen LogP contribution is 2.30. The van der Waals surface area contributed by atoms with E-state index < -0.39 is 5.60 Å². The maximum atomic E-state index is 11.9. The Kier molecular flexibility index (Phi) is 5.18. The fourth-order valence-electron chi connectivity index (χ4n) is 3.28. The van der Waals surface area contributed by atoms with Gasteiger partial charge in [-0.15, -0.1) is 0 Å². The number of amides is 2. The van der Waals surface area contributed by atoms with E-state index in [0.717, 1.165) is 37.9 Å². The number of hydrogen-bond acceptors (Lipinski definition) is 3. The van der Waals surface area contributed by atoms with Gasteiger partial charge in [-0.25, -0.2) is 4.79 Å². The number of nitrogens with zero attached hydrogens (tertiary/aromatic N) is 1. The third-order valence-corrected chi connectivity index (χ3v) is 4.96. The molecule has 23 heavy (non-hydrogen) atoms. The summed E-state index contributed by atoms with van der Waals surface area (Å²) in [4.78, 5) is 14.4. The van der Waals surface area contributed by atoms with Crippen LogP contribution in [0.5, 0.6) is 0 Å². The molecule has 0 spiro atoms. The van der Waals surface area contributed by atoms with Crippen LogP contribution in [0.25, 0.3) is 0 Å². The SMILES string of the molecule is O=C(NCC1(O)CCC1)Nc1cccc(CCN2CCCC2)c1. The van der Waals surface area contributed by atoms with Crippen molar-refractivity contribution >= 4 is 11.7 Å². The quantitative estimate of drug-likeness (QED) is 0.755. The highest BCUT2D eigenvalue weighted by molar-refractivity contribution is 5.89. The number of urea groups is 1. The first-order valence-corrected chi connectivity index (χ1v) is 8.72. The minimum Gasteiger partial charge on any atom is -0.388 e. The second-order valence-electron chi connectivity index (χ2n) is 6.88. The van der Waals surface area contributed by atoms with Crippen molar-refractivity contribution in [1.82, 2.24) is 10.2 Å². The van der Waals surface area contributed by atoms with Gasteiger partial charge < -0.3 is 20.6 Å². The van der Waals surface area contributed by atoms with Crippen molar-refractivity contribution in [2.24, 2.45) is 0 Å². The molecule has 3 rings (SSSR count). The van der Waals surface area contributed by atoms with Gasteiger partial charge in [0.25, 0.3) is 0 Å². The number of rotatable bonds is 6. The molecule has 1 heterocycles. The maximum Gasteiger partial charge on any atom is 0.319 e. The molecule has 0 aromatic heterocycles. The third-order valence-electron chi connectivity index (χ3n) is 4.96. The van der Waals surface area contributed by atoms with Crippen LogP contribution in [0.4, 0.5) is 10.5 Å². The Morgan fingerprint density at radius 3 is 2.70 bits per heavy atom. The largest absolute Gasteiger partial charge is 0.388 e. The molecule has 1 aliphatic carbocycles. The molecule has 1 saturated heterocycles. The van der Waals surface area contributed by atoms with Gasteiger partial charge in [0, 0.05) is 18.8 Å². The predicted octanol–water partition coefficient (Wildman–Crippen LogP) is 2.36. The van der Waals surface area contributed by atoms with Crippen molar-refractivity contribution in [3.63, 3.8) is 0 Å². The number of nitrogens with one attached hydrogen (secondary N) is 2. The van der Waals surface area contributed by atoms with Gasteiger partial charge in [-0.3, -0.25) is 0 Å². The fraction of sp³-hybridized carbons (Fsp3) is 0.611. The highest BCUT2D eigenvalue weighted by atomic mass is 16.3. The number of benzene rings is 1. The fourth-order valence-corrected chi connectivity index (χ4v) is 3.28. The van der Waals surface area contributed by atoms with Crippen molar-refractivity contribution in [1.29, 1.82) is 0 Å². The molecule has 5 nitrogen and oxygen atoms in total. The summed E-state index contributed by atoms with van der Waals surface area (Å²) in [7, 11) is 0. The molecule has 2 aliphatic rings. The highest BCUT2D eigenvalue weighted by Gasteiger charge is 2.34. The molecule has 1 saturated carbocycles. The zero-order valence-corrected chi connectivity index (χ0v) is 13.7. The van der Waals surface area contributed by atoms with Crippen molar-refractivity contribution in [2.45, 2.75) is 44.1 Å². The van der Waals surface area contributed by atoms with Gasteiger partial charge in [-0.2, -0.15) is 0 Å². The molecule has 0 unspecified atom stereocenters. The normalized spacial score (nSPS) is 20.0. The number of likely N-dealkylation sites (tertiary alicyclic amines) is 1. The van der Waals surface area contributed by atoms with Crippen LogP contribution in [0.3, 0.4) is 0 Å². The zero-order valence-electron chi connectivity index (χ0n) is 13.7. The van der Waals surface area contributed by atoms with E-state index in [1.807, 2.05) is 18.2 Å². The average Bonchev–Trinajstić information content (AvgIpc) is 3.03. The van der Waals surface area contributed by atoms with E-state index in [1.54, 1.807) is 0 Å². The monoisotopic (exact) mass is 317 g/mol. The number of carbonyl (C=O) groups is 1. The summed E-state index contributed by atoms with van der Waals surface area (Å²) in [6, 6.07) is 7.78. The van der Waals surface area contributed by atoms with Gasteiger partial charge in [0.2, 0.25) is 0 Å². The second-order valence-corrected chi connectivity index (χ2v) is 6.88. The van der Waals surface area contributed by atoms with Crippen LogP contribution in [0.2, 0.25) is 0 Å². The lowest BCUT2D eigenvalue weighted by Gasteiger charge is -2.36. The number of carbonyl (C=O) groups excluding carboxylic acids is 1. The molecule has 2 amide bonds. The third kappa shape index (κ3) is 4.69. The van der Waals surface area contributed by atoms with Gasteiger partial charge >= 0.3 is 6.03 Å². The summed E-state index contributed by atoms with van der Waals surface area (Å²) >= 11 is 0. The first-order chi connectivity index (χ1) is 11.1. The lowest BCUT2D eigenvalue weighted by Crippen LogP contribution is -2.48. The van der Waals surface area contributed by atoms with Crippen LogP contribution in [0.15, 0.2) is 24.3 Å². The van der Waals surface area contributed by atoms with Crippen LogP contribution in [0, 0.1) is 0 Å². The lowest BCUT2D eigenvalue weighted by molar-refractivity contribution is -0.0287. The summed E-state index contributed by atoms with van der Waals surface area (Å²) in [5.41, 5.74) is 1.36. The summed E-state index contributed by atoms with van der Waals surface area (Å²) in [6.45, 7) is 3.84. The molecule has 0 atom stereocenters. The molecule has 5 heteroatoms. The molecule has 1 aromatic carbocycles. The zero-order chi connectivity index (χ0) is 16.1. The van der Waals surface area contributed by atoms with E-state index in [4.69, 9.17) is 0 Å². The Hall–Kier alpha value is -1.59. The van der Waals surface area contributed by atoms with Gasteiger partial charge in [-0.1, -0.05) is 12.1 Å². The van der Waals surface area contributed by atoms with E-state index in [-0.39, 0.29) is 6.03 Å². The minimum absolute atomic E-state index is 0.248. The summed E-state index contributed by atoms with van der Waals surface area (Å²) in [6.07, 6.45) is 6.23. The first kappa shape index (κ1) is 16.3. The Morgan fingerprint density at radius 2 is 2.00 bits per heavy atom. The molecule has 0 bridgehead atoms. The van der Waals surface area contributed by atoms with Crippen molar-refractivity contribution < 1.29 is 9.90 Å². The molecule has 126 valence electrons. The predicted molar refractivity (Wildman–Crippen MR) is 91.6 cm³/mol. The summed E-state index contributed by atoms with van der Waals surface area (Å²) < 4.78 is 0. The van der Waals surface area contributed by atoms with E-state index >= 15 is 0 Å². The van der Waals surface area contributed by atoms with Gasteiger partial charge in [0.05, 0.1) is 5.60 Å². The number of hydrogen-bond donors (Lipinski definition) is 3. The van der Waals surface area contributed by atoms with Crippen molar-refractivity contribution in [3.8, 4) is 0 Å². The maximum absolute atomic E-state index is 11.9. The molecule has 1 aromatic rings. The van der Waals surface area contributed by atoms with Crippen LogP contribution >= 0.6 is 0 Å². The Labute approximate surface area is 138 Å². The van der Waals surface area contributed by atoms with Crippen LogP contribution in [-0.2, 0) is 6.42 Å². The smallest absolute Gasteiger partial charge is 0.319 e. The lowest BCUT2D eigenvalue weighted by atomic mass is 9.80. The molecule has 1 aliphatic heterocycles. The summed E-state index contributed by atoms with van der Waals surface area (Å²) in [5.74, 6) is 0. The van der Waals surface area contributed by atoms with Crippen molar-refractivity contribution in [2.75, 3.05) is 31.5 Å². The van der Waals surface area contributed by atoms with Crippen LogP contribution in [0.1, 0.15) is 37.7 Å². The number of aliphatic hydroxyl groups is 1. The minimum atomic E-state index is -0.686. The van der Waals surface area contributed by atoms with E-state index in [1.165, 1.54) is 31.5 Å². The molecule has 3 N–H and O–H groups in total.